The third-order valence-corrected chi connectivity index (χ3v) is 5.72. The summed E-state index contributed by atoms with van der Waals surface area (Å²) in [7, 11) is 0. The lowest BCUT2D eigenvalue weighted by atomic mass is 10.0. The van der Waals surface area contributed by atoms with Gasteiger partial charge >= 0.3 is 5.97 Å². The summed E-state index contributed by atoms with van der Waals surface area (Å²) in [5.74, 6) is -0.396. The van der Waals surface area contributed by atoms with Crippen molar-refractivity contribution in [3.63, 3.8) is 0 Å². The number of hydrogen-bond donors (Lipinski definition) is 2. The van der Waals surface area contributed by atoms with Crippen molar-refractivity contribution in [3.8, 4) is 5.75 Å². The van der Waals surface area contributed by atoms with E-state index in [1.54, 1.807) is 0 Å². The molecule has 1 fully saturated rings. The summed E-state index contributed by atoms with van der Waals surface area (Å²) in [5, 5.41) is 15.0. The van der Waals surface area contributed by atoms with Crippen molar-refractivity contribution in [3.05, 3.63) is 71.8 Å². The molecular formula is C26H30N2O4. The molecule has 6 nitrogen and oxygen atoms in total. The zero-order chi connectivity index (χ0) is 22.3. The first-order chi connectivity index (χ1) is 15.6. The molecule has 3 aromatic rings. The van der Waals surface area contributed by atoms with Crippen molar-refractivity contribution in [1.29, 1.82) is 0 Å². The average molecular weight is 435 g/mol. The molecule has 3 aromatic carbocycles. The predicted octanol–water partition coefficient (Wildman–Crippen LogP) is 3.65. The number of benzene rings is 3. The quantitative estimate of drug-likeness (QED) is 0.501. The van der Waals surface area contributed by atoms with Crippen LogP contribution in [0.25, 0.3) is 10.8 Å². The maximum atomic E-state index is 10.8. The average Bonchev–Trinajstić information content (AvgIpc) is 2.80. The van der Waals surface area contributed by atoms with Crippen LogP contribution >= 0.6 is 0 Å². The smallest absolute Gasteiger partial charge is 0.341 e. The number of ether oxygens (including phenoxy) is 2. The molecular weight excluding hydrogens is 404 g/mol. The largest absolute Gasteiger partial charge is 0.482 e. The summed E-state index contributed by atoms with van der Waals surface area (Å²) in [4.78, 5) is 13.1. The van der Waals surface area contributed by atoms with E-state index in [0.29, 0.717) is 12.4 Å². The molecule has 168 valence electrons. The monoisotopic (exact) mass is 434 g/mol. The van der Waals surface area contributed by atoms with E-state index in [9.17, 15) is 4.79 Å². The maximum Gasteiger partial charge on any atom is 0.341 e. The Labute approximate surface area is 188 Å². The first-order valence-corrected chi connectivity index (χ1v) is 11.1. The molecule has 0 spiro atoms. The molecule has 0 amide bonds. The number of carboxylic acids is 1. The second-order valence-corrected chi connectivity index (χ2v) is 8.22. The van der Waals surface area contributed by atoms with Gasteiger partial charge in [-0.1, -0.05) is 42.5 Å². The van der Waals surface area contributed by atoms with Crippen LogP contribution in [0.2, 0.25) is 0 Å². The molecule has 0 bridgehead atoms. The van der Waals surface area contributed by atoms with Crippen LogP contribution in [0.4, 0.5) is 5.69 Å². The Bertz CT molecular complexity index is 1060. The molecule has 32 heavy (non-hydrogen) atoms. The Balaban J connectivity index is 1.30. The van der Waals surface area contributed by atoms with Crippen LogP contribution in [-0.4, -0.2) is 56.6 Å². The number of carbonyl (C=O) groups is 1. The molecule has 6 heteroatoms. The fourth-order valence-electron chi connectivity index (χ4n) is 4.21. The SMILES string of the molecule is Cc1cc(OCC(=O)O)cc(N2CCOC(CNCCc3cccc4ccccc34)C2)c1. The lowest BCUT2D eigenvalue weighted by molar-refractivity contribution is -0.139. The van der Waals surface area contributed by atoms with E-state index >= 15 is 0 Å². The number of hydrogen-bond acceptors (Lipinski definition) is 5. The summed E-state index contributed by atoms with van der Waals surface area (Å²) in [6, 6.07) is 20.8. The number of nitrogens with zero attached hydrogens (tertiary/aromatic N) is 1. The van der Waals surface area contributed by atoms with Gasteiger partial charge in [0, 0.05) is 31.4 Å². The maximum absolute atomic E-state index is 10.8. The molecule has 0 radical (unpaired) electrons. The van der Waals surface area contributed by atoms with E-state index < -0.39 is 5.97 Å². The van der Waals surface area contributed by atoms with Gasteiger partial charge in [0.25, 0.3) is 0 Å². The molecule has 1 atom stereocenters. The topological polar surface area (TPSA) is 71.0 Å². The summed E-state index contributed by atoms with van der Waals surface area (Å²) in [5.41, 5.74) is 3.43. The van der Waals surface area contributed by atoms with Crippen molar-refractivity contribution in [2.24, 2.45) is 0 Å². The van der Waals surface area contributed by atoms with Crippen LogP contribution in [0.1, 0.15) is 11.1 Å². The number of nitrogens with one attached hydrogen (secondary N) is 1. The number of rotatable bonds is 9. The van der Waals surface area contributed by atoms with E-state index in [0.717, 1.165) is 43.9 Å². The number of anilines is 1. The molecule has 0 aromatic heterocycles. The Hall–Kier alpha value is -3.09. The lowest BCUT2D eigenvalue weighted by Gasteiger charge is -2.35. The molecule has 1 unspecified atom stereocenters. The highest BCUT2D eigenvalue weighted by Gasteiger charge is 2.21. The van der Waals surface area contributed by atoms with Gasteiger partial charge in [0.2, 0.25) is 0 Å². The van der Waals surface area contributed by atoms with Crippen LogP contribution in [0, 0.1) is 6.92 Å². The van der Waals surface area contributed by atoms with Crippen molar-refractivity contribution in [1.82, 2.24) is 5.32 Å². The minimum Gasteiger partial charge on any atom is -0.482 e. The summed E-state index contributed by atoms with van der Waals surface area (Å²) < 4.78 is 11.4. The lowest BCUT2D eigenvalue weighted by Crippen LogP contribution is -2.47. The highest BCUT2D eigenvalue weighted by atomic mass is 16.5. The predicted molar refractivity (Wildman–Crippen MR) is 127 cm³/mol. The fraction of sp³-hybridized carbons (Fsp3) is 0.346. The van der Waals surface area contributed by atoms with Crippen LogP contribution in [-0.2, 0) is 16.0 Å². The van der Waals surface area contributed by atoms with Crippen molar-refractivity contribution < 1.29 is 19.4 Å². The number of aryl methyl sites for hydroxylation is 1. The molecule has 0 saturated carbocycles. The fourth-order valence-corrected chi connectivity index (χ4v) is 4.21. The molecule has 1 aliphatic rings. The minimum atomic E-state index is -0.978. The zero-order valence-electron chi connectivity index (χ0n) is 18.4. The Morgan fingerprint density at radius 3 is 2.91 bits per heavy atom. The molecule has 0 aliphatic carbocycles. The first kappa shape index (κ1) is 22.1. The van der Waals surface area contributed by atoms with Gasteiger partial charge in [-0.25, -0.2) is 4.79 Å². The van der Waals surface area contributed by atoms with E-state index in [4.69, 9.17) is 14.6 Å². The second kappa shape index (κ2) is 10.5. The van der Waals surface area contributed by atoms with Crippen molar-refractivity contribution in [2.75, 3.05) is 44.3 Å². The summed E-state index contributed by atoms with van der Waals surface area (Å²) in [6.07, 6.45) is 1.07. The van der Waals surface area contributed by atoms with Gasteiger partial charge < -0.3 is 24.8 Å². The Kier molecular flexibility index (Phi) is 7.24. The van der Waals surface area contributed by atoms with Gasteiger partial charge in [0.1, 0.15) is 5.75 Å². The van der Waals surface area contributed by atoms with Gasteiger partial charge in [0.15, 0.2) is 6.61 Å². The number of aliphatic carboxylic acids is 1. The van der Waals surface area contributed by atoms with Gasteiger partial charge in [-0.15, -0.1) is 0 Å². The highest BCUT2D eigenvalue weighted by molar-refractivity contribution is 5.85. The number of morpholine rings is 1. The number of carboxylic acid groups (broad SMARTS) is 1. The highest BCUT2D eigenvalue weighted by Crippen LogP contribution is 2.25. The molecule has 1 saturated heterocycles. The number of fused-ring (bicyclic) bond motifs is 1. The van der Waals surface area contributed by atoms with Gasteiger partial charge in [-0.05, 0) is 53.9 Å². The van der Waals surface area contributed by atoms with Crippen LogP contribution in [0.15, 0.2) is 60.7 Å². The molecule has 1 aliphatic heterocycles. The first-order valence-electron chi connectivity index (χ1n) is 11.1. The Morgan fingerprint density at radius 2 is 2.03 bits per heavy atom. The van der Waals surface area contributed by atoms with Crippen molar-refractivity contribution >= 4 is 22.4 Å². The van der Waals surface area contributed by atoms with Crippen LogP contribution in [0.3, 0.4) is 0 Å². The molecule has 2 N–H and O–H groups in total. The Morgan fingerprint density at radius 1 is 1.19 bits per heavy atom. The van der Waals surface area contributed by atoms with Crippen molar-refractivity contribution in [2.45, 2.75) is 19.4 Å². The van der Waals surface area contributed by atoms with Crippen LogP contribution in [0.5, 0.6) is 5.75 Å². The minimum absolute atomic E-state index is 0.0974. The molecule has 1 heterocycles. The third-order valence-electron chi connectivity index (χ3n) is 5.72. The van der Waals surface area contributed by atoms with Gasteiger partial charge in [0.05, 0.1) is 12.7 Å². The van der Waals surface area contributed by atoms with Gasteiger partial charge in [-0.3, -0.25) is 0 Å². The van der Waals surface area contributed by atoms with E-state index in [2.05, 4.69) is 58.7 Å². The van der Waals surface area contributed by atoms with Gasteiger partial charge in [-0.2, -0.15) is 0 Å². The standard InChI is InChI=1S/C26H30N2O4/c1-19-13-22(15-23(14-19)32-18-26(29)30)28-11-12-31-24(17-28)16-27-10-9-21-7-4-6-20-5-2-3-8-25(20)21/h2-8,13-15,24,27H,9-12,16-18H2,1H3,(H,29,30). The van der Waals surface area contributed by atoms with E-state index in [-0.39, 0.29) is 12.7 Å². The van der Waals surface area contributed by atoms with Crippen LogP contribution < -0.4 is 15.0 Å². The van der Waals surface area contributed by atoms with E-state index in [1.165, 1.54) is 16.3 Å². The zero-order valence-corrected chi connectivity index (χ0v) is 18.4. The van der Waals surface area contributed by atoms with E-state index in [1.807, 2.05) is 19.1 Å². The second-order valence-electron chi connectivity index (χ2n) is 8.22. The molecule has 4 rings (SSSR count). The normalized spacial score (nSPS) is 16.3. The summed E-state index contributed by atoms with van der Waals surface area (Å²) >= 11 is 0. The summed E-state index contributed by atoms with van der Waals surface area (Å²) in [6.45, 7) is 5.58. The third kappa shape index (κ3) is 5.78.